The molecule has 0 saturated carbocycles. The highest BCUT2D eigenvalue weighted by Gasteiger charge is 2.44. The number of methoxy groups -OCH3 is 1. The SMILES string of the molecule is COC(=O)CN1C(=O)C(N)C1/C=C/c1ccco1. The summed E-state index contributed by atoms with van der Waals surface area (Å²) in [6.45, 7) is -0.0871. The highest BCUT2D eigenvalue weighted by atomic mass is 16.5. The van der Waals surface area contributed by atoms with E-state index in [-0.39, 0.29) is 18.5 Å². The van der Waals surface area contributed by atoms with Crippen molar-refractivity contribution in [2.24, 2.45) is 5.73 Å². The molecule has 2 unspecified atom stereocenters. The molecule has 96 valence electrons. The second kappa shape index (κ2) is 5.05. The Morgan fingerprint density at radius 1 is 1.67 bits per heavy atom. The largest absolute Gasteiger partial charge is 0.468 e. The van der Waals surface area contributed by atoms with Crippen LogP contribution in [0.4, 0.5) is 0 Å². The summed E-state index contributed by atoms with van der Waals surface area (Å²) in [7, 11) is 1.28. The molecule has 1 aliphatic rings. The molecule has 1 aliphatic heterocycles. The number of furan rings is 1. The molecular formula is C12H14N2O4. The first-order valence-electron chi connectivity index (χ1n) is 5.48. The average molecular weight is 250 g/mol. The van der Waals surface area contributed by atoms with Gasteiger partial charge in [-0.1, -0.05) is 6.08 Å². The molecule has 1 fully saturated rings. The Balaban J connectivity index is 2.02. The molecule has 1 aromatic heterocycles. The van der Waals surface area contributed by atoms with Gasteiger partial charge in [0.15, 0.2) is 0 Å². The number of carbonyl (C=O) groups is 2. The van der Waals surface area contributed by atoms with Crippen LogP contribution in [0.1, 0.15) is 5.76 Å². The maximum atomic E-state index is 11.5. The standard InChI is InChI=1S/C12H14N2O4/c1-17-10(15)7-14-9(11(13)12(14)16)5-4-8-3-2-6-18-8/h2-6,9,11H,7,13H2,1H3/b5-4+. The van der Waals surface area contributed by atoms with Crippen molar-refractivity contribution in [3.8, 4) is 0 Å². The number of nitrogens with two attached hydrogens (primary N) is 1. The van der Waals surface area contributed by atoms with Crippen LogP contribution >= 0.6 is 0 Å². The van der Waals surface area contributed by atoms with E-state index in [1.165, 1.54) is 12.0 Å². The summed E-state index contributed by atoms with van der Waals surface area (Å²) in [5.41, 5.74) is 5.69. The fourth-order valence-electron chi connectivity index (χ4n) is 1.79. The Morgan fingerprint density at radius 3 is 3.06 bits per heavy atom. The van der Waals surface area contributed by atoms with Crippen molar-refractivity contribution in [1.82, 2.24) is 4.90 Å². The molecule has 18 heavy (non-hydrogen) atoms. The first kappa shape index (κ1) is 12.4. The first-order chi connectivity index (χ1) is 8.63. The van der Waals surface area contributed by atoms with Crippen LogP contribution in [0.3, 0.4) is 0 Å². The first-order valence-corrected chi connectivity index (χ1v) is 5.48. The monoisotopic (exact) mass is 250 g/mol. The van der Waals surface area contributed by atoms with Gasteiger partial charge in [-0.15, -0.1) is 0 Å². The molecule has 2 heterocycles. The van der Waals surface area contributed by atoms with Crippen molar-refractivity contribution in [2.45, 2.75) is 12.1 Å². The van der Waals surface area contributed by atoms with E-state index in [0.717, 1.165) is 0 Å². The molecular weight excluding hydrogens is 236 g/mol. The number of hydrogen-bond donors (Lipinski definition) is 1. The Bertz CT molecular complexity index is 466. The van der Waals surface area contributed by atoms with Crippen molar-refractivity contribution in [3.63, 3.8) is 0 Å². The van der Waals surface area contributed by atoms with Crippen molar-refractivity contribution < 1.29 is 18.7 Å². The molecule has 2 atom stereocenters. The molecule has 2 N–H and O–H groups in total. The summed E-state index contributed by atoms with van der Waals surface area (Å²) in [5, 5.41) is 0. The van der Waals surface area contributed by atoms with Gasteiger partial charge >= 0.3 is 5.97 Å². The van der Waals surface area contributed by atoms with Gasteiger partial charge in [-0.3, -0.25) is 9.59 Å². The molecule has 1 amide bonds. The van der Waals surface area contributed by atoms with Gasteiger partial charge in [-0.25, -0.2) is 0 Å². The lowest BCUT2D eigenvalue weighted by atomic mass is 9.95. The molecule has 6 nitrogen and oxygen atoms in total. The predicted octanol–water partition coefficient (Wildman–Crippen LogP) is 0.00390. The average Bonchev–Trinajstić information content (AvgIpc) is 2.89. The summed E-state index contributed by atoms with van der Waals surface area (Å²) >= 11 is 0. The van der Waals surface area contributed by atoms with Crippen molar-refractivity contribution >= 4 is 18.0 Å². The van der Waals surface area contributed by atoms with Crippen molar-refractivity contribution in [1.29, 1.82) is 0 Å². The number of likely N-dealkylation sites (tertiary alicyclic amines) is 1. The normalized spacial score (nSPS) is 23.2. The molecule has 2 rings (SSSR count). The van der Waals surface area contributed by atoms with Gasteiger partial charge in [0.2, 0.25) is 5.91 Å². The fourth-order valence-corrected chi connectivity index (χ4v) is 1.79. The fraction of sp³-hybridized carbons (Fsp3) is 0.333. The van der Waals surface area contributed by atoms with Gasteiger partial charge < -0.3 is 19.8 Å². The van der Waals surface area contributed by atoms with E-state index in [4.69, 9.17) is 10.2 Å². The predicted molar refractivity (Wildman–Crippen MR) is 63.2 cm³/mol. The van der Waals surface area contributed by atoms with E-state index in [1.54, 1.807) is 30.5 Å². The van der Waals surface area contributed by atoms with Crippen LogP contribution < -0.4 is 5.73 Å². The van der Waals surface area contributed by atoms with Gasteiger partial charge in [0.1, 0.15) is 18.3 Å². The number of esters is 1. The minimum absolute atomic E-state index is 0.0871. The summed E-state index contributed by atoms with van der Waals surface area (Å²) in [6.07, 6.45) is 5.02. The second-order valence-electron chi connectivity index (χ2n) is 3.93. The zero-order valence-electron chi connectivity index (χ0n) is 9.91. The van der Waals surface area contributed by atoms with Gasteiger partial charge in [0.05, 0.1) is 19.4 Å². The smallest absolute Gasteiger partial charge is 0.325 e. The summed E-state index contributed by atoms with van der Waals surface area (Å²) in [5.74, 6) is -0.0549. The Morgan fingerprint density at radius 2 is 2.44 bits per heavy atom. The van der Waals surface area contributed by atoms with E-state index in [1.807, 2.05) is 0 Å². The zero-order valence-corrected chi connectivity index (χ0v) is 9.91. The van der Waals surface area contributed by atoms with Gasteiger partial charge in [-0.2, -0.15) is 0 Å². The molecule has 0 bridgehead atoms. The zero-order chi connectivity index (χ0) is 13.1. The van der Waals surface area contributed by atoms with E-state index in [0.29, 0.717) is 5.76 Å². The number of ether oxygens (including phenoxy) is 1. The van der Waals surface area contributed by atoms with Gasteiger partial charge in [0.25, 0.3) is 0 Å². The number of nitrogens with zero attached hydrogens (tertiary/aromatic N) is 1. The number of rotatable bonds is 4. The van der Waals surface area contributed by atoms with Crippen LogP contribution in [-0.2, 0) is 14.3 Å². The van der Waals surface area contributed by atoms with E-state index in [2.05, 4.69) is 4.74 Å². The Kier molecular flexibility index (Phi) is 3.47. The van der Waals surface area contributed by atoms with Crippen molar-refractivity contribution in [3.05, 3.63) is 30.2 Å². The van der Waals surface area contributed by atoms with Crippen LogP contribution in [-0.4, -0.2) is 42.5 Å². The summed E-state index contributed by atoms with van der Waals surface area (Å²) < 4.78 is 9.65. The highest BCUT2D eigenvalue weighted by molar-refractivity contribution is 5.93. The molecule has 0 radical (unpaired) electrons. The summed E-state index contributed by atoms with van der Waals surface area (Å²) in [4.78, 5) is 24.0. The highest BCUT2D eigenvalue weighted by Crippen LogP contribution is 2.20. The third kappa shape index (κ3) is 2.28. The van der Waals surface area contributed by atoms with E-state index >= 15 is 0 Å². The van der Waals surface area contributed by atoms with E-state index < -0.39 is 12.0 Å². The Labute approximate surface area is 104 Å². The lowest BCUT2D eigenvalue weighted by Crippen LogP contribution is -2.68. The molecule has 0 aliphatic carbocycles. The lowest BCUT2D eigenvalue weighted by Gasteiger charge is -2.43. The topological polar surface area (TPSA) is 85.8 Å². The second-order valence-corrected chi connectivity index (χ2v) is 3.93. The van der Waals surface area contributed by atoms with Crippen LogP contribution in [0.25, 0.3) is 6.08 Å². The quantitative estimate of drug-likeness (QED) is 0.600. The van der Waals surface area contributed by atoms with Crippen LogP contribution in [0.15, 0.2) is 28.9 Å². The van der Waals surface area contributed by atoms with Crippen LogP contribution in [0.2, 0.25) is 0 Å². The van der Waals surface area contributed by atoms with Crippen molar-refractivity contribution in [2.75, 3.05) is 13.7 Å². The van der Waals surface area contributed by atoms with Crippen LogP contribution in [0.5, 0.6) is 0 Å². The Hall–Kier alpha value is -2.08. The van der Waals surface area contributed by atoms with Crippen LogP contribution in [0, 0.1) is 0 Å². The minimum Gasteiger partial charge on any atom is -0.468 e. The number of β-lactam (4-membered cyclic amide) rings is 1. The maximum absolute atomic E-state index is 11.5. The molecule has 0 spiro atoms. The number of amides is 1. The number of carbonyl (C=O) groups excluding carboxylic acids is 2. The third-order valence-electron chi connectivity index (χ3n) is 2.82. The minimum atomic E-state index is -0.610. The van der Waals surface area contributed by atoms with Gasteiger partial charge in [0, 0.05) is 0 Å². The third-order valence-corrected chi connectivity index (χ3v) is 2.82. The van der Waals surface area contributed by atoms with E-state index in [9.17, 15) is 9.59 Å². The summed E-state index contributed by atoms with van der Waals surface area (Å²) in [6, 6.07) is 2.63. The molecule has 1 saturated heterocycles. The maximum Gasteiger partial charge on any atom is 0.325 e. The molecule has 0 aromatic carbocycles. The number of hydrogen-bond acceptors (Lipinski definition) is 5. The lowest BCUT2D eigenvalue weighted by molar-refractivity contribution is -0.156. The molecule has 6 heteroatoms. The molecule has 1 aromatic rings. The van der Waals surface area contributed by atoms with Gasteiger partial charge in [-0.05, 0) is 18.2 Å².